The summed E-state index contributed by atoms with van der Waals surface area (Å²) in [5.74, 6) is 0.177. The van der Waals surface area contributed by atoms with Crippen molar-refractivity contribution in [3.8, 4) is 11.5 Å². The predicted molar refractivity (Wildman–Crippen MR) is 122 cm³/mol. The number of nitrogens with zero attached hydrogens (tertiary/aromatic N) is 1. The van der Waals surface area contributed by atoms with Crippen molar-refractivity contribution in [1.29, 1.82) is 0 Å². The van der Waals surface area contributed by atoms with Crippen LogP contribution >= 0.6 is 11.6 Å². The van der Waals surface area contributed by atoms with E-state index in [1.165, 1.54) is 19.2 Å². The monoisotopic (exact) mass is 456 g/mol. The summed E-state index contributed by atoms with van der Waals surface area (Å²) >= 11 is 6.37. The van der Waals surface area contributed by atoms with Crippen LogP contribution in [-0.4, -0.2) is 21.4 Å². The Morgan fingerprint density at radius 2 is 1.68 bits per heavy atom. The molecule has 0 unspecified atom stereocenters. The van der Waals surface area contributed by atoms with Gasteiger partial charge in [0.2, 0.25) is 0 Å². The van der Waals surface area contributed by atoms with Crippen molar-refractivity contribution in [3.05, 3.63) is 75.8 Å². The van der Waals surface area contributed by atoms with Crippen LogP contribution in [0.25, 0.3) is 0 Å². The van der Waals surface area contributed by atoms with E-state index in [1.807, 2.05) is 32.9 Å². The van der Waals surface area contributed by atoms with Gasteiger partial charge in [0.15, 0.2) is 5.75 Å². The molecule has 1 N–H and O–H groups in total. The minimum Gasteiger partial charge on any atom is -0.454 e. The highest BCUT2D eigenvalue weighted by Gasteiger charge is 2.29. The van der Waals surface area contributed by atoms with Gasteiger partial charge in [-0.3, -0.25) is 9.10 Å². The number of ether oxygens (including phenoxy) is 1. The number of fused-ring (bicyclic) bond motifs is 2. The maximum absolute atomic E-state index is 13.4. The molecule has 1 heterocycles. The zero-order valence-electron chi connectivity index (χ0n) is 17.5. The second-order valence-corrected chi connectivity index (χ2v) is 9.92. The van der Waals surface area contributed by atoms with Crippen molar-refractivity contribution in [2.75, 3.05) is 16.7 Å². The van der Waals surface area contributed by atoms with E-state index in [4.69, 9.17) is 16.3 Å². The number of nitrogens with one attached hydrogen (secondary N) is 1. The minimum atomic E-state index is -4.03. The van der Waals surface area contributed by atoms with Crippen LogP contribution < -0.4 is 14.4 Å². The third-order valence-electron chi connectivity index (χ3n) is 5.37. The molecule has 0 radical (unpaired) electrons. The first kappa shape index (κ1) is 21.2. The Morgan fingerprint density at radius 1 is 0.935 bits per heavy atom. The van der Waals surface area contributed by atoms with Crippen LogP contribution in [0, 0.1) is 20.8 Å². The van der Waals surface area contributed by atoms with Gasteiger partial charge in [-0.2, -0.15) is 0 Å². The van der Waals surface area contributed by atoms with E-state index in [9.17, 15) is 13.2 Å². The Labute approximate surface area is 186 Å². The summed E-state index contributed by atoms with van der Waals surface area (Å²) in [6, 6.07) is 13.4. The number of carbonyl (C=O) groups excluding carboxylic acids is 1. The normalized spacial score (nSPS) is 12.9. The van der Waals surface area contributed by atoms with Gasteiger partial charge in [-0.15, -0.1) is 0 Å². The third kappa shape index (κ3) is 3.75. The van der Waals surface area contributed by atoms with E-state index < -0.39 is 15.9 Å². The second-order valence-electron chi connectivity index (χ2n) is 7.58. The SMILES string of the molecule is Cc1ccc2c(c1)NC(=O)c1cc(S(=O)(=O)N(C)c3ccc(C)c(C)c3)c(Cl)cc1O2. The highest BCUT2D eigenvalue weighted by atomic mass is 35.5. The molecule has 0 aromatic heterocycles. The quantitative estimate of drug-likeness (QED) is 0.568. The largest absolute Gasteiger partial charge is 0.454 e. The van der Waals surface area contributed by atoms with Crippen molar-refractivity contribution in [3.63, 3.8) is 0 Å². The van der Waals surface area contributed by atoms with Gasteiger partial charge in [-0.1, -0.05) is 23.7 Å². The molecule has 6 nitrogen and oxygen atoms in total. The van der Waals surface area contributed by atoms with Crippen molar-refractivity contribution in [1.82, 2.24) is 0 Å². The molecule has 8 heteroatoms. The first-order valence-electron chi connectivity index (χ1n) is 9.57. The molecule has 0 spiro atoms. The van der Waals surface area contributed by atoms with Crippen molar-refractivity contribution in [2.45, 2.75) is 25.7 Å². The molecule has 160 valence electrons. The van der Waals surface area contributed by atoms with Crippen LogP contribution in [0.2, 0.25) is 5.02 Å². The lowest BCUT2D eigenvalue weighted by Gasteiger charge is -2.22. The highest BCUT2D eigenvalue weighted by molar-refractivity contribution is 7.93. The number of anilines is 2. The Kier molecular flexibility index (Phi) is 5.19. The van der Waals surface area contributed by atoms with Crippen LogP contribution in [-0.2, 0) is 10.0 Å². The van der Waals surface area contributed by atoms with Crippen molar-refractivity contribution >= 4 is 38.9 Å². The van der Waals surface area contributed by atoms with Gasteiger partial charge >= 0.3 is 0 Å². The molecule has 3 aromatic rings. The number of aryl methyl sites for hydroxylation is 3. The zero-order chi connectivity index (χ0) is 22.5. The summed E-state index contributed by atoms with van der Waals surface area (Å²) in [5.41, 5.74) is 4.07. The topological polar surface area (TPSA) is 75.7 Å². The van der Waals surface area contributed by atoms with Crippen LogP contribution in [0.5, 0.6) is 11.5 Å². The van der Waals surface area contributed by atoms with Gasteiger partial charge in [0.25, 0.3) is 15.9 Å². The molecule has 0 fully saturated rings. The van der Waals surface area contributed by atoms with Crippen LogP contribution in [0.15, 0.2) is 53.4 Å². The second kappa shape index (κ2) is 7.59. The van der Waals surface area contributed by atoms with Gasteiger partial charge in [0.1, 0.15) is 10.6 Å². The van der Waals surface area contributed by atoms with Gasteiger partial charge in [-0.05, 0) is 67.8 Å². The molecule has 3 aromatic carbocycles. The van der Waals surface area contributed by atoms with E-state index in [0.29, 0.717) is 17.1 Å². The predicted octanol–water partition coefficient (Wildman–Crippen LogP) is 5.45. The molecule has 1 aliphatic rings. The number of rotatable bonds is 3. The molecule has 31 heavy (non-hydrogen) atoms. The maximum atomic E-state index is 13.4. The first-order chi connectivity index (χ1) is 14.6. The fourth-order valence-corrected chi connectivity index (χ4v) is 5.05. The van der Waals surface area contributed by atoms with E-state index in [2.05, 4.69) is 5.32 Å². The van der Waals surface area contributed by atoms with Crippen molar-refractivity contribution in [2.24, 2.45) is 0 Å². The molecule has 0 bridgehead atoms. The number of hydrogen-bond acceptors (Lipinski definition) is 4. The number of carbonyl (C=O) groups is 1. The first-order valence-corrected chi connectivity index (χ1v) is 11.4. The lowest BCUT2D eigenvalue weighted by atomic mass is 10.1. The summed E-state index contributed by atoms with van der Waals surface area (Å²) in [7, 11) is -2.57. The standard InChI is InChI=1S/C23H21ClN2O4S/c1-13-5-8-20-19(9-13)25-23(27)17-11-22(18(24)12-21(17)30-20)31(28,29)26(4)16-7-6-14(2)15(3)10-16/h5-12H,1-4H3,(H,25,27). The number of amides is 1. The van der Waals surface area contributed by atoms with Crippen LogP contribution in [0.1, 0.15) is 27.0 Å². The lowest BCUT2D eigenvalue weighted by molar-refractivity contribution is 0.102. The van der Waals surface area contributed by atoms with E-state index >= 15 is 0 Å². The summed E-state index contributed by atoms with van der Waals surface area (Å²) in [5, 5.41) is 2.75. The summed E-state index contributed by atoms with van der Waals surface area (Å²) in [6.45, 7) is 5.76. The zero-order valence-corrected chi connectivity index (χ0v) is 19.1. The third-order valence-corrected chi connectivity index (χ3v) is 7.62. The fourth-order valence-electron chi connectivity index (χ4n) is 3.34. The van der Waals surface area contributed by atoms with Gasteiger partial charge in [0, 0.05) is 13.1 Å². The highest BCUT2D eigenvalue weighted by Crippen LogP contribution is 2.40. The Hall–Kier alpha value is -3.03. The number of halogens is 1. The molecule has 0 saturated carbocycles. The molecular weight excluding hydrogens is 436 g/mol. The minimum absolute atomic E-state index is 0.0298. The summed E-state index contributed by atoms with van der Waals surface area (Å²) < 4.78 is 33.7. The molecule has 0 aliphatic carbocycles. The average Bonchev–Trinajstić information content (AvgIpc) is 2.83. The average molecular weight is 457 g/mol. The smallest absolute Gasteiger partial charge is 0.265 e. The van der Waals surface area contributed by atoms with E-state index in [0.717, 1.165) is 21.0 Å². The summed E-state index contributed by atoms with van der Waals surface area (Å²) in [6.07, 6.45) is 0. The van der Waals surface area contributed by atoms with Gasteiger partial charge in [-0.25, -0.2) is 8.42 Å². The summed E-state index contributed by atoms with van der Waals surface area (Å²) in [4.78, 5) is 12.7. The molecule has 0 atom stereocenters. The Balaban J connectivity index is 1.79. The van der Waals surface area contributed by atoms with Gasteiger partial charge < -0.3 is 10.1 Å². The number of sulfonamides is 1. The number of benzene rings is 3. The lowest BCUT2D eigenvalue weighted by Crippen LogP contribution is -2.27. The fraction of sp³-hybridized carbons (Fsp3) is 0.174. The van der Waals surface area contributed by atoms with E-state index in [1.54, 1.807) is 24.3 Å². The molecule has 1 aliphatic heterocycles. The molecule has 1 amide bonds. The Bertz CT molecular complexity index is 1340. The van der Waals surface area contributed by atoms with Gasteiger partial charge in [0.05, 0.1) is 22.0 Å². The number of hydrogen-bond donors (Lipinski definition) is 1. The van der Waals surface area contributed by atoms with Crippen molar-refractivity contribution < 1.29 is 17.9 Å². The van der Waals surface area contributed by atoms with E-state index in [-0.39, 0.29) is 21.2 Å². The molecule has 4 rings (SSSR count). The van der Waals surface area contributed by atoms with Crippen LogP contribution in [0.3, 0.4) is 0 Å². The molecular formula is C23H21ClN2O4S. The molecule has 0 saturated heterocycles. The van der Waals surface area contributed by atoms with Crippen LogP contribution in [0.4, 0.5) is 11.4 Å². The maximum Gasteiger partial charge on any atom is 0.265 e. The Morgan fingerprint density at radius 3 is 2.39 bits per heavy atom.